The van der Waals surface area contributed by atoms with Crippen molar-refractivity contribution in [3.05, 3.63) is 64.7 Å². The van der Waals surface area contributed by atoms with E-state index in [1.165, 1.54) is 0 Å². The van der Waals surface area contributed by atoms with Crippen LogP contribution < -0.4 is 0 Å². The molecule has 0 saturated carbocycles. The van der Waals surface area contributed by atoms with E-state index in [0.717, 1.165) is 20.8 Å². The van der Waals surface area contributed by atoms with E-state index in [4.69, 9.17) is 4.74 Å². The van der Waals surface area contributed by atoms with Gasteiger partial charge < -0.3 is 9.64 Å². The van der Waals surface area contributed by atoms with E-state index in [0.29, 0.717) is 5.56 Å². The lowest BCUT2D eigenvalue weighted by molar-refractivity contribution is -0.135. The number of carbonyl (C=O) groups excluding carboxylic acids is 2. The number of fused-ring (bicyclic) bond motifs is 1. The summed E-state index contributed by atoms with van der Waals surface area (Å²) in [5, 5.41) is 0.854. The minimum absolute atomic E-state index is 0.197. The van der Waals surface area contributed by atoms with Crippen LogP contribution in [0.2, 0.25) is 0 Å². The van der Waals surface area contributed by atoms with Crippen LogP contribution in [0.1, 0.15) is 33.9 Å². The minimum Gasteiger partial charge on any atom is -0.452 e. The fourth-order valence-electron chi connectivity index (χ4n) is 2.53. The number of ether oxygens (including phenoxy) is 1. The molecule has 1 heterocycles. The summed E-state index contributed by atoms with van der Waals surface area (Å²) in [7, 11) is 1.69. The van der Waals surface area contributed by atoms with E-state index in [9.17, 15) is 9.59 Å². The number of rotatable bonds is 5. The molecule has 6 heteroatoms. The summed E-state index contributed by atoms with van der Waals surface area (Å²) < 4.78 is 6.25. The second kappa shape index (κ2) is 7.66. The van der Waals surface area contributed by atoms with Crippen molar-refractivity contribution in [1.82, 2.24) is 9.88 Å². The van der Waals surface area contributed by atoms with Gasteiger partial charge in [0.05, 0.1) is 21.8 Å². The van der Waals surface area contributed by atoms with Crippen molar-refractivity contribution in [2.75, 3.05) is 13.7 Å². The number of aromatic nitrogens is 1. The van der Waals surface area contributed by atoms with Crippen LogP contribution in [-0.4, -0.2) is 35.4 Å². The SMILES string of the molecule is Cc1cccc(C(=O)OCC(=O)N(C)[C@H](C)c2nc3ccccc3s2)c1. The Bertz CT molecular complexity index is 918. The summed E-state index contributed by atoms with van der Waals surface area (Å²) >= 11 is 1.56. The normalized spacial score (nSPS) is 12.0. The summed E-state index contributed by atoms with van der Waals surface area (Å²) in [5.41, 5.74) is 2.33. The maximum atomic E-state index is 12.4. The molecule has 0 aliphatic heterocycles. The van der Waals surface area contributed by atoms with Crippen molar-refractivity contribution >= 4 is 33.4 Å². The number of carbonyl (C=O) groups is 2. The average molecular weight is 368 g/mol. The summed E-state index contributed by atoms with van der Waals surface area (Å²) in [6.45, 7) is 3.52. The fourth-order valence-corrected chi connectivity index (χ4v) is 3.60. The fraction of sp³-hybridized carbons (Fsp3) is 0.250. The Hall–Kier alpha value is -2.73. The van der Waals surface area contributed by atoms with Gasteiger partial charge in [-0.2, -0.15) is 0 Å². The highest BCUT2D eigenvalue weighted by atomic mass is 32.1. The Morgan fingerprint density at radius 3 is 2.69 bits per heavy atom. The number of hydrogen-bond acceptors (Lipinski definition) is 5. The number of thiazole rings is 1. The zero-order valence-corrected chi connectivity index (χ0v) is 15.7. The molecule has 134 valence electrons. The first-order valence-electron chi connectivity index (χ1n) is 8.30. The van der Waals surface area contributed by atoms with Crippen LogP contribution in [-0.2, 0) is 9.53 Å². The highest BCUT2D eigenvalue weighted by Crippen LogP contribution is 2.28. The zero-order valence-electron chi connectivity index (χ0n) is 14.9. The lowest BCUT2D eigenvalue weighted by Crippen LogP contribution is -2.33. The van der Waals surface area contributed by atoms with Gasteiger partial charge in [0.1, 0.15) is 5.01 Å². The quantitative estimate of drug-likeness (QED) is 0.639. The van der Waals surface area contributed by atoms with Gasteiger partial charge in [0.25, 0.3) is 5.91 Å². The second-order valence-electron chi connectivity index (χ2n) is 6.15. The van der Waals surface area contributed by atoms with Gasteiger partial charge in [-0.1, -0.05) is 29.8 Å². The van der Waals surface area contributed by atoms with Crippen molar-refractivity contribution in [3.8, 4) is 0 Å². The topological polar surface area (TPSA) is 59.5 Å². The first kappa shape index (κ1) is 18.1. The predicted molar refractivity (Wildman–Crippen MR) is 102 cm³/mol. The van der Waals surface area contributed by atoms with Crippen LogP contribution in [0, 0.1) is 6.92 Å². The molecular weight excluding hydrogens is 348 g/mol. The number of nitrogens with zero attached hydrogens (tertiary/aromatic N) is 2. The van der Waals surface area contributed by atoms with Crippen LogP contribution in [0.3, 0.4) is 0 Å². The Labute approximate surface area is 156 Å². The first-order valence-corrected chi connectivity index (χ1v) is 9.12. The van der Waals surface area contributed by atoms with Crippen LogP contribution in [0.15, 0.2) is 48.5 Å². The molecular formula is C20H20N2O3S. The van der Waals surface area contributed by atoms with Crippen LogP contribution in [0.4, 0.5) is 0 Å². The molecule has 0 spiro atoms. The van der Waals surface area contributed by atoms with Gasteiger partial charge in [-0.15, -0.1) is 11.3 Å². The van der Waals surface area contributed by atoms with Gasteiger partial charge in [0, 0.05) is 7.05 Å². The maximum absolute atomic E-state index is 12.4. The molecule has 1 aromatic heterocycles. The Kier molecular flexibility index (Phi) is 5.32. The number of benzene rings is 2. The third kappa shape index (κ3) is 3.91. The highest BCUT2D eigenvalue weighted by molar-refractivity contribution is 7.18. The summed E-state index contributed by atoms with van der Waals surface area (Å²) in [6.07, 6.45) is 0. The van der Waals surface area contributed by atoms with Gasteiger partial charge in [-0.05, 0) is 38.1 Å². The minimum atomic E-state index is -0.497. The second-order valence-corrected chi connectivity index (χ2v) is 7.21. The van der Waals surface area contributed by atoms with Crippen molar-refractivity contribution in [1.29, 1.82) is 0 Å². The maximum Gasteiger partial charge on any atom is 0.338 e. The van der Waals surface area contributed by atoms with Crippen LogP contribution in [0.25, 0.3) is 10.2 Å². The van der Waals surface area contributed by atoms with Gasteiger partial charge in [-0.3, -0.25) is 4.79 Å². The Morgan fingerprint density at radius 1 is 1.19 bits per heavy atom. The van der Waals surface area contributed by atoms with Crippen LogP contribution >= 0.6 is 11.3 Å². The molecule has 0 fully saturated rings. The molecule has 0 saturated heterocycles. The largest absolute Gasteiger partial charge is 0.452 e. The third-order valence-electron chi connectivity index (χ3n) is 4.22. The van der Waals surface area contributed by atoms with Gasteiger partial charge in [-0.25, -0.2) is 9.78 Å². The molecule has 1 atom stereocenters. The standard InChI is InChI=1S/C20H20N2O3S/c1-13-7-6-8-15(11-13)20(24)25-12-18(23)22(3)14(2)19-21-16-9-4-5-10-17(16)26-19/h4-11,14H,12H2,1-3H3/t14-/m1/s1. The van der Waals surface area contributed by atoms with Crippen molar-refractivity contribution in [2.45, 2.75) is 19.9 Å². The van der Waals surface area contributed by atoms with E-state index >= 15 is 0 Å². The monoisotopic (exact) mass is 368 g/mol. The summed E-state index contributed by atoms with van der Waals surface area (Å²) in [5.74, 6) is -0.763. The molecule has 0 bridgehead atoms. The summed E-state index contributed by atoms with van der Waals surface area (Å²) in [6, 6.07) is 14.8. The lowest BCUT2D eigenvalue weighted by Gasteiger charge is -2.23. The first-order chi connectivity index (χ1) is 12.5. The number of para-hydroxylation sites is 1. The summed E-state index contributed by atoms with van der Waals surface area (Å²) in [4.78, 5) is 30.6. The smallest absolute Gasteiger partial charge is 0.338 e. The molecule has 0 aliphatic rings. The molecule has 2 aromatic carbocycles. The third-order valence-corrected chi connectivity index (χ3v) is 5.43. The molecule has 0 unspecified atom stereocenters. The Balaban J connectivity index is 1.62. The van der Waals surface area contributed by atoms with Crippen molar-refractivity contribution in [3.63, 3.8) is 0 Å². The lowest BCUT2D eigenvalue weighted by atomic mass is 10.1. The van der Waals surface area contributed by atoms with Crippen molar-refractivity contribution < 1.29 is 14.3 Å². The molecule has 0 aliphatic carbocycles. The average Bonchev–Trinajstić information content (AvgIpc) is 3.08. The number of amides is 1. The van der Waals surface area contributed by atoms with Crippen molar-refractivity contribution in [2.24, 2.45) is 0 Å². The molecule has 1 amide bonds. The number of hydrogen-bond donors (Lipinski definition) is 0. The van der Waals surface area contributed by atoms with E-state index in [1.807, 2.05) is 44.2 Å². The van der Waals surface area contributed by atoms with E-state index in [2.05, 4.69) is 4.98 Å². The van der Waals surface area contributed by atoms with Gasteiger partial charge in [0.2, 0.25) is 0 Å². The molecule has 0 N–H and O–H groups in total. The van der Waals surface area contributed by atoms with E-state index in [1.54, 1.807) is 41.5 Å². The Morgan fingerprint density at radius 2 is 1.96 bits per heavy atom. The van der Waals surface area contributed by atoms with Gasteiger partial charge in [0.15, 0.2) is 6.61 Å². The number of esters is 1. The van der Waals surface area contributed by atoms with E-state index < -0.39 is 5.97 Å². The molecule has 5 nitrogen and oxygen atoms in total. The predicted octanol–water partition coefficient (Wildman–Crippen LogP) is 3.98. The number of likely N-dealkylation sites (N-methyl/N-ethyl adjacent to an activating group) is 1. The molecule has 26 heavy (non-hydrogen) atoms. The molecule has 0 radical (unpaired) electrons. The highest BCUT2D eigenvalue weighted by Gasteiger charge is 2.22. The van der Waals surface area contributed by atoms with E-state index in [-0.39, 0.29) is 18.6 Å². The van der Waals surface area contributed by atoms with Gasteiger partial charge >= 0.3 is 5.97 Å². The van der Waals surface area contributed by atoms with Crippen LogP contribution in [0.5, 0.6) is 0 Å². The molecule has 3 rings (SSSR count). The zero-order chi connectivity index (χ0) is 18.7. The number of aryl methyl sites for hydroxylation is 1. The molecule has 3 aromatic rings.